The van der Waals surface area contributed by atoms with Gasteiger partial charge in [0.15, 0.2) is 5.16 Å². The molecule has 0 bridgehead atoms. The van der Waals surface area contributed by atoms with E-state index in [9.17, 15) is 4.79 Å². The Morgan fingerprint density at radius 3 is 2.43 bits per heavy atom. The molecule has 28 heavy (non-hydrogen) atoms. The summed E-state index contributed by atoms with van der Waals surface area (Å²) in [6.07, 6.45) is 0. The normalized spacial score (nSPS) is 12.4. The molecule has 0 fully saturated rings. The highest BCUT2D eigenvalue weighted by Gasteiger charge is 2.20. The van der Waals surface area contributed by atoms with Crippen LogP contribution in [-0.4, -0.2) is 19.7 Å². The Balaban J connectivity index is 1.92. The second-order valence-electron chi connectivity index (χ2n) is 6.82. The van der Waals surface area contributed by atoms with Gasteiger partial charge >= 0.3 is 0 Å². The van der Waals surface area contributed by atoms with Crippen LogP contribution in [0.5, 0.6) is 0 Å². The molecule has 0 aliphatic rings. The standard InChI is InChI=1S/C21H20N4O2S/c1-12-9-13(2)11-16(10-12)25-20(26)17-7-5-6-8-18(17)22-21(25)28-14(3)19-24-23-15(4)27-19/h5-11,14H,1-4H3. The van der Waals surface area contributed by atoms with Gasteiger partial charge in [0.1, 0.15) is 0 Å². The fourth-order valence-corrected chi connectivity index (χ4v) is 4.14. The van der Waals surface area contributed by atoms with Crippen LogP contribution in [0.1, 0.15) is 35.1 Å². The number of aromatic nitrogens is 4. The van der Waals surface area contributed by atoms with Gasteiger partial charge in [-0.05, 0) is 56.2 Å². The van der Waals surface area contributed by atoms with E-state index in [1.165, 1.54) is 11.8 Å². The molecule has 4 aromatic rings. The summed E-state index contributed by atoms with van der Waals surface area (Å²) in [5, 5.41) is 9.04. The topological polar surface area (TPSA) is 73.8 Å². The zero-order valence-corrected chi connectivity index (χ0v) is 16.9. The first-order chi connectivity index (χ1) is 13.4. The van der Waals surface area contributed by atoms with Crippen LogP contribution in [0.15, 0.2) is 56.8 Å². The monoisotopic (exact) mass is 392 g/mol. The number of thioether (sulfide) groups is 1. The highest BCUT2D eigenvalue weighted by molar-refractivity contribution is 7.99. The van der Waals surface area contributed by atoms with Crippen molar-refractivity contribution < 1.29 is 4.42 Å². The Kier molecular flexibility index (Phi) is 4.77. The molecule has 142 valence electrons. The van der Waals surface area contributed by atoms with Crippen LogP contribution in [0, 0.1) is 20.8 Å². The highest BCUT2D eigenvalue weighted by Crippen LogP contribution is 2.34. The first kappa shape index (κ1) is 18.4. The molecular weight excluding hydrogens is 372 g/mol. The third-order valence-corrected chi connectivity index (χ3v) is 5.42. The predicted octanol–water partition coefficient (Wildman–Crippen LogP) is 4.55. The Bertz CT molecular complexity index is 1210. The molecule has 2 aromatic heterocycles. The van der Waals surface area contributed by atoms with Gasteiger partial charge in [0.25, 0.3) is 5.56 Å². The molecule has 0 saturated carbocycles. The molecule has 1 unspecified atom stereocenters. The summed E-state index contributed by atoms with van der Waals surface area (Å²) >= 11 is 1.43. The van der Waals surface area contributed by atoms with Crippen molar-refractivity contribution in [3.63, 3.8) is 0 Å². The number of hydrogen-bond donors (Lipinski definition) is 0. The third-order valence-electron chi connectivity index (χ3n) is 4.38. The van der Waals surface area contributed by atoms with Crippen molar-refractivity contribution in [1.82, 2.24) is 19.7 Å². The lowest BCUT2D eigenvalue weighted by molar-refractivity contribution is 0.470. The third kappa shape index (κ3) is 3.45. The van der Waals surface area contributed by atoms with E-state index < -0.39 is 0 Å². The molecule has 0 saturated heterocycles. The Morgan fingerprint density at radius 2 is 1.75 bits per heavy atom. The minimum absolute atomic E-state index is 0.0907. The molecule has 7 heteroatoms. The van der Waals surface area contributed by atoms with Crippen molar-refractivity contribution in [3.05, 3.63) is 75.7 Å². The summed E-state index contributed by atoms with van der Waals surface area (Å²) in [6, 6.07) is 13.5. The molecular formula is C21H20N4O2S. The van der Waals surface area contributed by atoms with E-state index in [-0.39, 0.29) is 10.8 Å². The zero-order valence-electron chi connectivity index (χ0n) is 16.1. The molecule has 0 spiro atoms. The van der Waals surface area contributed by atoms with Crippen molar-refractivity contribution in [2.45, 2.75) is 38.1 Å². The summed E-state index contributed by atoms with van der Waals surface area (Å²) in [7, 11) is 0. The number of benzene rings is 2. The molecule has 1 atom stereocenters. The van der Waals surface area contributed by atoms with Crippen molar-refractivity contribution in [1.29, 1.82) is 0 Å². The SMILES string of the molecule is Cc1cc(C)cc(-n2c(SC(C)c3nnc(C)o3)nc3ccccc3c2=O)c1. The molecule has 0 amide bonds. The summed E-state index contributed by atoms with van der Waals surface area (Å²) in [5.74, 6) is 1.03. The lowest BCUT2D eigenvalue weighted by Gasteiger charge is -2.16. The van der Waals surface area contributed by atoms with E-state index in [1.54, 1.807) is 11.5 Å². The molecule has 2 heterocycles. The van der Waals surface area contributed by atoms with Gasteiger partial charge in [-0.1, -0.05) is 30.0 Å². The largest absolute Gasteiger partial charge is 0.424 e. The second-order valence-corrected chi connectivity index (χ2v) is 8.13. The zero-order chi connectivity index (χ0) is 19.8. The van der Waals surface area contributed by atoms with Crippen LogP contribution in [0.2, 0.25) is 0 Å². The molecule has 2 aromatic carbocycles. The van der Waals surface area contributed by atoms with E-state index in [0.29, 0.717) is 27.8 Å². The fourth-order valence-electron chi connectivity index (χ4n) is 3.18. The van der Waals surface area contributed by atoms with Crippen molar-refractivity contribution in [2.24, 2.45) is 0 Å². The molecule has 4 rings (SSSR count). The molecule has 0 radical (unpaired) electrons. The number of nitrogens with zero attached hydrogens (tertiary/aromatic N) is 4. The van der Waals surface area contributed by atoms with Gasteiger partial charge in [0.05, 0.1) is 21.8 Å². The summed E-state index contributed by atoms with van der Waals surface area (Å²) in [5.41, 5.74) is 3.56. The van der Waals surface area contributed by atoms with Gasteiger partial charge in [-0.2, -0.15) is 0 Å². The number of hydrogen-bond acceptors (Lipinski definition) is 6. The Morgan fingerprint density at radius 1 is 1.04 bits per heavy atom. The van der Waals surface area contributed by atoms with Crippen LogP contribution < -0.4 is 5.56 Å². The summed E-state index contributed by atoms with van der Waals surface area (Å²) < 4.78 is 7.23. The van der Waals surface area contributed by atoms with Gasteiger partial charge < -0.3 is 4.42 Å². The van der Waals surface area contributed by atoms with Crippen molar-refractivity contribution in [3.8, 4) is 5.69 Å². The van der Waals surface area contributed by atoms with E-state index in [0.717, 1.165) is 16.8 Å². The maximum atomic E-state index is 13.4. The van der Waals surface area contributed by atoms with E-state index >= 15 is 0 Å². The lowest BCUT2D eigenvalue weighted by Crippen LogP contribution is -2.22. The second kappa shape index (κ2) is 7.24. The van der Waals surface area contributed by atoms with Crippen molar-refractivity contribution >= 4 is 22.7 Å². The van der Waals surface area contributed by atoms with Crippen LogP contribution in [0.25, 0.3) is 16.6 Å². The van der Waals surface area contributed by atoms with Crippen LogP contribution >= 0.6 is 11.8 Å². The van der Waals surface area contributed by atoms with Crippen LogP contribution in [0.4, 0.5) is 0 Å². The number of aryl methyl sites for hydroxylation is 3. The van der Waals surface area contributed by atoms with Gasteiger partial charge in [0.2, 0.25) is 11.8 Å². The van der Waals surface area contributed by atoms with Crippen LogP contribution in [-0.2, 0) is 0 Å². The predicted molar refractivity (Wildman–Crippen MR) is 110 cm³/mol. The minimum atomic E-state index is -0.147. The molecule has 6 nitrogen and oxygen atoms in total. The average molecular weight is 392 g/mol. The first-order valence-electron chi connectivity index (χ1n) is 8.99. The smallest absolute Gasteiger partial charge is 0.266 e. The van der Waals surface area contributed by atoms with Gasteiger partial charge in [-0.25, -0.2) is 4.98 Å². The van der Waals surface area contributed by atoms with E-state index in [4.69, 9.17) is 9.40 Å². The highest BCUT2D eigenvalue weighted by atomic mass is 32.2. The Labute approximate surface area is 166 Å². The number of rotatable bonds is 4. The van der Waals surface area contributed by atoms with Crippen molar-refractivity contribution in [2.75, 3.05) is 0 Å². The lowest BCUT2D eigenvalue weighted by atomic mass is 10.1. The number of para-hydroxylation sites is 1. The molecule has 0 aliphatic carbocycles. The molecule has 0 N–H and O–H groups in total. The van der Waals surface area contributed by atoms with E-state index in [1.807, 2.05) is 57.2 Å². The average Bonchev–Trinajstić information content (AvgIpc) is 3.08. The summed E-state index contributed by atoms with van der Waals surface area (Å²) in [6.45, 7) is 7.76. The number of fused-ring (bicyclic) bond motifs is 1. The van der Waals surface area contributed by atoms with Crippen LogP contribution in [0.3, 0.4) is 0 Å². The fraction of sp³-hybridized carbons (Fsp3) is 0.238. The Hall–Kier alpha value is -2.93. The van der Waals surface area contributed by atoms with E-state index in [2.05, 4.69) is 16.3 Å². The minimum Gasteiger partial charge on any atom is -0.424 e. The first-order valence-corrected chi connectivity index (χ1v) is 9.87. The molecule has 0 aliphatic heterocycles. The quantitative estimate of drug-likeness (QED) is 0.375. The summed E-state index contributed by atoms with van der Waals surface area (Å²) in [4.78, 5) is 18.1. The van der Waals surface area contributed by atoms with Gasteiger partial charge in [0, 0.05) is 6.92 Å². The van der Waals surface area contributed by atoms with Gasteiger partial charge in [-0.3, -0.25) is 9.36 Å². The maximum absolute atomic E-state index is 13.4. The van der Waals surface area contributed by atoms with Gasteiger partial charge in [-0.15, -0.1) is 10.2 Å². The maximum Gasteiger partial charge on any atom is 0.266 e.